The lowest BCUT2D eigenvalue weighted by Crippen LogP contribution is -2.28. The third kappa shape index (κ3) is 2.98. The highest BCUT2D eigenvalue weighted by atomic mass is 16.5. The highest BCUT2D eigenvalue weighted by Crippen LogP contribution is 2.18. The van der Waals surface area contributed by atoms with Gasteiger partial charge in [-0.2, -0.15) is 9.50 Å². The lowest BCUT2D eigenvalue weighted by molar-refractivity contribution is -0.141. The molecule has 2 aromatic heterocycles. The molecular formula is C16H17N5O2. The van der Waals surface area contributed by atoms with E-state index in [1.165, 1.54) is 7.11 Å². The number of benzene rings is 1. The van der Waals surface area contributed by atoms with Crippen LogP contribution in [0.15, 0.2) is 36.4 Å². The van der Waals surface area contributed by atoms with Crippen molar-refractivity contribution in [1.82, 2.24) is 19.6 Å². The van der Waals surface area contributed by atoms with Gasteiger partial charge in [0.2, 0.25) is 0 Å². The molecule has 0 bridgehead atoms. The topological polar surface area (TPSA) is 81.4 Å². The fourth-order valence-corrected chi connectivity index (χ4v) is 2.26. The van der Waals surface area contributed by atoms with Crippen LogP contribution in [0.3, 0.4) is 0 Å². The predicted molar refractivity (Wildman–Crippen MR) is 86.1 cm³/mol. The number of hydrogen-bond donors (Lipinski definition) is 1. The average Bonchev–Trinajstić information content (AvgIpc) is 2.98. The number of anilines is 1. The SMILES string of the molecule is COC(=O)[C@H](C)Nc1cc(C)nc2nc(-c3ccccc3)nn12. The maximum Gasteiger partial charge on any atom is 0.328 e. The largest absolute Gasteiger partial charge is 0.467 e. The van der Waals surface area contributed by atoms with Gasteiger partial charge in [-0.1, -0.05) is 30.3 Å². The van der Waals surface area contributed by atoms with Crippen LogP contribution in [0.5, 0.6) is 0 Å². The van der Waals surface area contributed by atoms with E-state index in [1.54, 1.807) is 11.4 Å². The van der Waals surface area contributed by atoms with Gasteiger partial charge in [-0.3, -0.25) is 0 Å². The number of aryl methyl sites for hydroxylation is 1. The van der Waals surface area contributed by atoms with Gasteiger partial charge in [0.1, 0.15) is 11.9 Å². The van der Waals surface area contributed by atoms with Crippen molar-refractivity contribution < 1.29 is 9.53 Å². The van der Waals surface area contributed by atoms with Crippen molar-refractivity contribution in [3.8, 4) is 11.4 Å². The van der Waals surface area contributed by atoms with E-state index in [1.807, 2.05) is 43.3 Å². The molecule has 1 atom stereocenters. The van der Waals surface area contributed by atoms with E-state index < -0.39 is 6.04 Å². The molecule has 0 amide bonds. The second-order valence-electron chi connectivity index (χ2n) is 5.19. The van der Waals surface area contributed by atoms with Crippen LogP contribution in [0, 0.1) is 6.92 Å². The molecule has 2 heterocycles. The van der Waals surface area contributed by atoms with Gasteiger partial charge in [0.15, 0.2) is 5.82 Å². The lowest BCUT2D eigenvalue weighted by atomic mass is 10.2. The quantitative estimate of drug-likeness (QED) is 0.743. The zero-order valence-corrected chi connectivity index (χ0v) is 13.1. The molecule has 0 aliphatic heterocycles. The Kier molecular flexibility index (Phi) is 3.92. The molecule has 23 heavy (non-hydrogen) atoms. The molecule has 118 valence electrons. The molecule has 0 aliphatic carbocycles. The minimum absolute atomic E-state index is 0.351. The number of methoxy groups -OCH3 is 1. The van der Waals surface area contributed by atoms with Crippen molar-refractivity contribution in [2.45, 2.75) is 19.9 Å². The number of rotatable bonds is 4. The van der Waals surface area contributed by atoms with Crippen LogP contribution >= 0.6 is 0 Å². The van der Waals surface area contributed by atoms with Gasteiger partial charge in [0, 0.05) is 17.3 Å². The Morgan fingerprint density at radius 2 is 2.00 bits per heavy atom. The van der Waals surface area contributed by atoms with Crippen LogP contribution in [-0.4, -0.2) is 38.7 Å². The van der Waals surface area contributed by atoms with Crippen molar-refractivity contribution in [1.29, 1.82) is 0 Å². The summed E-state index contributed by atoms with van der Waals surface area (Å²) >= 11 is 0. The first-order valence-electron chi connectivity index (χ1n) is 7.22. The number of carbonyl (C=O) groups excluding carboxylic acids is 1. The number of nitrogens with one attached hydrogen (secondary N) is 1. The van der Waals surface area contributed by atoms with Crippen LogP contribution in [0.2, 0.25) is 0 Å². The number of fused-ring (bicyclic) bond motifs is 1. The molecule has 7 nitrogen and oxygen atoms in total. The number of hydrogen-bond acceptors (Lipinski definition) is 6. The summed E-state index contributed by atoms with van der Waals surface area (Å²) in [5.41, 5.74) is 1.69. The minimum Gasteiger partial charge on any atom is -0.467 e. The van der Waals surface area contributed by atoms with Crippen LogP contribution < -0.4 is 5.32 Å². The summed E-state index contributed by atoms with van der Waals surface area (Å²) in [6, 6.07) is 11.0. The van der Waals surface area contributed by atoms with Crippen LogP contribution in [0.1, 0.15) is 12.6 Å². The van der Waals surface area contributed by atoms with Gasteiger partial charge < -0.3 is 10.1 Å². The van der Waals surface area contributed by atoms with Gasteiger partial charge in [-0.15, -0.1) is 5.10 Å². The molecule has 0 saturated heterocycles. The molecule has 0 fully saturated rings. The Labute approximate surface area is 133 Å². The summed E-state index contributed by atoms with van der Waals surface area (Å²) in [7, 11) is 1.36. The Balaban J connectivity index is 2.04. The number of esters is 1. The maximum absolute atomic E-state index is 11.6. The molecule has 3 rings (SSSR count). The van der Waals surface area contributed by atoms with Gasteiger partial charge >= 0.3 is 5.97 Å². The summed E-state index contributed by atoms with van der Waals surface area (Å²) in [5, 5.41) is 7.58. The second-order valence-corrected chi connectivity index (χ2v) is 5.19. The van der Waals surface area contributed by atoms with Gasteiger partial charge in [0.05, 0.1) is 7.11 Å². The van der Waals surface area contributed by atoms with Gasteiger partial charge in [-0.25, -0.2) is 9.78 Å². The average molecular weight is 311 g/mol. The molecular weight excluding hydrogens is 294 g/mol. The number of nitrogens with zero attached hydrogens (tertiary/aromatic N) is 4. The van der Waals surface area contributed by atoms with Crippen molar-refractivity contribution in [2.24, 2.45) is 0 Å². The first-order valence-corrected chi connectivity index (χ1v) is 7.22. The Morgan fingerprint density at radius 3 is 2.70 bits per heavy atom. The van der Waals surface area contributed by atoms with E-state index in [0.29, 0.717) is 17.4 Å². The van der Waals surface area contributed by atoms with Gasteiger partial charge in [0.25, 0.3) is 5.78 Å². The maximum atomic E-state index is 11.6. The molecule has 7 heteroatoms. The zero-order valence-electron chi connectivity index (χ0n) is 13.1. The van der Waals surface area contributed by atoms with Crippen molar-refractivity contribution >= 4 is 17.6 Å². The van der Waals surface area contributed by atoms with E-state index in [-0.39, 0.29) is 5.97 Å². The summed E-state index contributed by atoms with van der Waals surface area (Å²) in [6.07, 6.45) is 0. The second kappa shape index (κ2) is 6.04. The first-order chi connectivity index (χ1) is 11.1. The molecule has 0 spiro atoms. The Bertz CT molecular complexity index is 844. The molecule has 0 unspecified atom stereocenters. The van der Waals surface area contributed by atoms with E-state index >= 15 is 0 Å². The summed E-state index contributed by atoms with van der Waals surface area (Å²) in [4.78, 5) is 20.5. The summed E-state index contributed by atoms with van der Waals surface area (Å²) < 4.78 is 6.33. The molecule has 1 aromatic carbocycles. The monoisotopic (exact) mass is 311 g/mol. The fourth-order valence-electron chi connectivity index (χ4n) is 2.26. The first kappa shape index (κ1) is 15.0. The van der Waals surface area contributed by atoms with Crippen molar-refractivity contribution in [3.63, 3.8) is 0 Å². The van der Waals surface area contributed by atoms with E-state index in [0.717, 1.165) is 11.3 Å². The lowest BCUT2D eigenvalue weighted by Gasteiger charge is -2.13. The van der Waals surface area contributed by atoms with Crippen molar-refractivity contribution in [3.05, 3.63) is 42.1 Å². The van der Waals surface area contributed by atoms with E-state index in [2.05, 4.69) is 20.4 Å². The fraction of sp³-hybridized carbons (Fsp3) is 0.250. The standard InChI is InChI=1S/C16H17N5O2/c1-10-9-13(18-11(2)15(22)23-3)21-16(17-10)19-14(20-21)12-7-5-4-6-8-12/h4-9,11,18H,1-3H3/t11-/m0/s1. The normalized spacial score (nSPS) is 12.1. The van der Waals surface area contributed by atoms with Crippen molar-refractivity contribution in [2.75, 3.05) is 12.4 Å². The Hall–Kier alpha value is -2.96. The molecule has 1 N–H and O–H groups in total. The highest BCUT2D eigenvalue weighted by molar-refractivity contribution is 5.78. The minimum atomic E-state index is -0.505. The highest BCUT2D eigenvalue weighted by Gasteiger charge is 2.17. The number of carbonyl (C=O) groups is 1. The molecule has 0 saturated carbocycles. The third-order valence-electron chi connectivity index (χ3n) is 3.39. The summed E-state index contributed by atoms with van der Waals surface area (Å²) in [6.45, 7) is 3.59. The van der Waals surface area contributed by atoms with Crippen LogP contribution in [0.4, 0.5) is 5.82 Å². The smallest absolute Gasteiger partial charge is 0.328 e. The Morgan fingerprint density at radius 1 is 1.26 bits per heavy atom. The predicted octanol–water partition coefficient (Wildman–Crippen LogP) is 2.07. The molecule has 0 aliphatic rings. The van der Waals surface area contributed by atoms with E-state index in [9.17, 15) is 4.79 Å². The van der Waals surface area contributed by atoms with E-state index in [4.69, 9.17) is 4.74 Å². The zero-order chi connectivity index (χ0) is 16.4. The van der Waals surface area contributed by atoms with Crippen LogP contribution in [0.25, 0.3) is 17.2 Å². The summed E-state index contributed by atoms with van der Waals surface area (Å²) in [5.74, 6) is 1.34. The van der Waals surface area contributed by atoms with Crippen LogP contribution in [-0.2, 0) is 9.53 Å². The molecule has 0 radical (unpaired) electrons. The third-order valence-corrected chi connectivity index (χ3v) is 3.39. The number of aromatic nitrogens is 4. The van der Waals surface area contributed by atoms with Gasteiger partial charge in [-0.05, 0) is 13.8 Å². The molecule has 3 aromatic rings. The number of ether oxygens (including phenoxy) is 1.